The highest BCUT2D eigenvalue weighted by Crippen LogP contribution is 2.21. The van der Waals surface area contributed by atoms with Gasteiger partial charge in [-0.3, -0.25) is 4.79 Å². The van der Waals surface area contributed by atoms with Crippen LogP contribution in [-0.4, -0.2) is 18.5 Å². The first-order valence-corrected chi connectivity index (χ1v) is 5.93. The smallest absolute Gasteiger partial charge is 0.352 e. The van der Waals surface area contributed by atoms with E-state index in [9.17, 15) is 9.59 Å². The maximum atomic E-state index is 11.7. The van der Waals surface area contributed by atoms with Crippen molar-refractivity contribution < 1.29 is 19.1 Å². The number of halogens is 1. The van der Waals surface area contributed by atoms with Gasteiger partial charge in [-0.2, -0.15) is 0 Å². The highest BCUT2D eigenvalue weighted by atomic mass is 79.9. The number of esters is 2. The number of benzene rings is 1. The first-order valence-electron chi connectivity index (χ1n) is 5.14. The van der Waals surface area contributed by atoms with Crippen molar-refractivity contribution in [3.63, 3.8) is 0 Å². The highest BCUT2D eigenvalue weighted by Gasteiger charge is 2.24. The zero-order chi connectivity index (χ0) is 12.8. The van der Waals surface area contributed by atoms with Gasteiger partial charge in [0.2, 0.25) is 6.10 Å². The van der Waals surface area contributed by atoms with Crippen LogP contribution in [0.1, 0.15) is 25.5 Å². The molecule has 1 atom stereocenters. The molecule has 1 rings (SSSR count). The molecule has 5 heteroatoms. The van der Waals surface area contributed by atoms with E-state index < -0.39 is 18.0 Å². The third-order valence-corrected chi connectivity index (χ3v) is 2.49. The van der Waals surface area contributed by atoms with Gasteiger partial charge in [0, 0.05) is 17.0 Å². The van der Waals surface area contributed by atoms with Gasteiger partial charge in [-0.05, 0) is 19.1 Å². The van der Waals surface area contributed by atoms with Crippen molar-refractivity contribution in [1.82, 2.24) is 0 Å². The molecule has 0 aliphatic rings. The van der Waals surface area contributed by atoms with Crippen molar-refractivity contribution in [2.24, 2.45) is 0 Å². The lowest BCUT2D eigenvalue weighted by molar-refractivity contribution is -0.167. The average Bonchev–Trinajstić information content (AvgIpc) is 2.27. The van der Waals surface area contributed by atoms with E-state index in [0.29, 0.717) is 5.56 Å². The van der Waals surface area contributed by atoms with Crippen LogP contribution < -0.4 is 0 Å². The van der Waals surface area contributed by atoms with Crippen molar-refractivity contribution in [2.45, 2.75) is 20.0 Å². The van der Waals surface area contributed by atoms with Gasteiger partial charge in [0.1, 0.15) is 0 Å². The Kier molecular flexibility index (Phi) is 5.15. The molecule has 4 nitrogen and oxygen atoms in total. The van der Waals surface area contributed by atoms with Crippen LogP contribution in [0.2, 0.25) is 0 Å². The molecule has 0 radical (unpaired) electrons. The van der Waals surface area contributed by atoms with Gasteiger partial charge in [0.25, 0.3) is 0 Å². The molecule has 0 unspecified atom stereocenters. The molecule has 0 fully saturated rings. The Hall–Kier alpha value is -1.36. The maximum absolute atomic E-state index is 11.7. The second-order valence-electron chi connectivity index (χ2n) is 3.29. The SMILES string of the molecule is CCOC(=O)[C@H](OC(C)=O)c1ccc(Br)cc1. The minimum atomic E-state index is -0.999. The van der Waals surface area contributed by atoms with E-state index in [0.717, 1.165) is 4.47 Å². The minimum Gasteiger partial charge on any atom is -0.463 e. The number of carbonyl (C=O) groups is 2. The van der Waals surface area contributed by atoms with Crippen LogP contribution in [0.15, 0.2) is 28.7 Å². The summed E-state index contributed by atoms with van der Waals surface area (Å²) < 4.78 is 10.7. The van der Waals surface area contributed by atoms with E-state index in [1.54, 1.807) is 31.2 Å². The highest BCUT2D eigenvalue weighted by molar-refractivity contribution is 9.10. The number of hydrogen-bond acceptors (Lipinski definition) is 4. The predicted octanol–water partition coefficient (Wildman–Crippen LogP) is 2.62. The standard InChI is InChI=1S/C12H13BrO4/c1-3-16-12(15)11(17-8(2)14)9-4-6-10(13)7-5-9/h4-7,11H,3H2,1-2H3/t11-/m1/s1. The summed E-state index contributed by atoms with van der Waals surface area (Å²) in [6.45, 7) is 3.20. The first-order chi connectivity index (χ1) is 8.04. The first kappa shape index (κ1) is 13.7. The zero-order valence-electron chi connectivity index (χ0n) is 9.60. The van der Waals surface area contributed by atoms with E-state index in [2.05, 4.69) is 15.9 Å². The molecular formula is C12H13BrO4. The van der Waals surface area contributed by atoms with Gasteiger partial charge in [-0.15, -0.1) is 0 Å². The van der Waals surface area contributed by atoms with Crippen molar-refractivity contribution >= 4 is 27.9 Å². The lowest BCUT2D eigenvalue weighted by Crippen LogP contribution is -2.20. The minimum absolute atomic E-state index is 0.243. The molecule has 0 heterocycles. The van der Waals surface area contributed by atoms with E-state index in [1.165, 1.54) is 6.92 Å². The Balaban J connectivity index is 2.92. The largest absolute Gasteiger partial charge is 0.463 e. The van der Waals surface area contributed by atoms with Crippen LogP contribution in [-0.2, 0) is 19.1 Å². The Morgan fingerprint density at radius 3 is 2.35 bits per heavy atom. The monoisotopic (exact) mass is 300 g/mol. The van der Waals surface area contributed by atoms with Crippen LogP contribution in [0.5, 0.6) is 0 Å². The normalized spacial score (nSPS) is 11.7. The number of carbonyl (C=O) groups excluding carboxylic acids is 2. The van der Waals surface area contributed by atoms with Crippen LogP contribution >= 0.6 is 15.9 Å². The van der Waals surface area contributed by atoms with Crippen molar-refractivity contribution in [2.75, 3.05) is 6.61 Å². The van der Waals surface area contributed by atoms with Gasteiger partial charge in [-0.1, -0.05) is 28.1 Å². The third kappa shape index (κ3) is 4.19. The molecule has 92 valence electrons. The lowest BCUT2D eigenvalue weighted by Gasteiger charge is -2.15. The Labute approximate surface area is 108 Å². The van der Waals surface area contributed by atoms with Crippen molar-refractivity contribution in [3.8, 4) is 0 Å². The third-order valence-electron chi connectivity index (χ3n) is 1.96. The van der Waals surface area contributed by atoms with Crippen molar-refractivity contribution in [1.29, 1.82) is 0 Å². The Morgan fingerprint density at radius 1 is 1.29 bits per heavy atom. The van der Waals surface area contributed by atoms with Gasteiger partial charge in [-0.25, -0.2) is 4.79 Å². The van der Waals surface area contributed by atoms with Crippen LogP contribution in [0.25, 0.3) is 0 Å². The van der Waals surface area contributed by atoms with Crippen LogP contribution in [0.3, 0.4) is 0 Å². The van der Waals surface area contributed by atoms with Crippen LogP contribution in [0, 0.1) is 0 Å². The van der Waals surface area contributed by atoms with E-state index >= 15 is 0 Å². The Morgan fingerprint density at radius 2 is 1.88 bits per heavy atom. The second-order valence-corrected chi connectivity index (χ2v) is 4.21. The van der Waals surface area contributed by atoms with Gasteiger partial charge in [0.05, 0.1) is 6.61 Å². The summed E-state index contributed by atoms with van der Waals surface area (Å²) in [5.74, 6) is -1.09. The quantitative estimate of drug-likeness (QED) is 0.802. The number of ether oxygens (including phenoxy) is 2. The maximum Gasteiger partial charge on any atom is 0.352 e. The van der Waals surface area contributed by atoms with Gasteiger partial charge < -0.3 is 9.47 Å². The fourth-order valence-corrected chi connectivity index (χ4v) is 1.54. The summed E-state index contributed by atoms with van der Waals surface area (Å²) in [7, 11) is 0. The molecule has 1 aromatic rings. The van der Waals surface area contributed by atoms with E-state index in [4.69, 9.17) is 9.47 Å². The lowest BCUT2D eigenvalue weighted by atomic mass is 10.1. The molecule has 0 saturated carbocycles. The second kappa shape index (κ2) is 6.39. The predicted molar refractivity (Wildman–Crippen MR) is 65.3 cm³/mol. The molecule has 0 N–H and O–H groups in total. The Bertz CT molecular complexity index is 399. The number of rotatable bonds is 4. The molecule has 0 aliphatic carbocycles. The molecule has 0 aliphatic heterocycles. The summed E-state index contributed by atoms with van der Waals surface area (Å²) in [4.78, 5) is 22.6. The topological polar surface area (TPSA) is 52.6 Å². The summed E-state index contributed by atoms with van der Waals surface area (Å²) >= 11 is 3.29. The summed E-state index contributed by atoms with van der Waals surface area (Å²) in [5.41, 5.74) is 0.585. The summed E-state index contributed by atoms with van der Waals surface area (Å²) in [6, 6.07) is 6.94. The summed E-state index contributed by atoms with van der Waals surface area (Å²) in [6.07, 6.45) is -0.999. The zero-order valence-corrected chi connectivity index (χ0v) is 11.2. The molecule has 17 heavy (non-hydrogen) atoms. The molecule has 0 saturated heterocycles. The molecule has 0 aromatic heterocycles. The van der Waals surface area contributed by atoms with Gasteiger partial charge >= 0.3 is 11.9 Å². The molecular weight excluding hydrogens is 288 g/mol. The fourth-order valence-electron chi connectivity index (χ4n) is 1.27. The van der Waals surface area contributed by atoms with E-state index in [1.807, 2.05) is 0 Å². The van der Waals surface area contributed by atoms with Gasteiger partial charge in [0.15, 0.2) is 0 Å². The molecule has 0 spiro atoms. The van der Waals surface area contributed by atoms with Crippen molar-refractivity contribution in [3.05, 3.63) is 34.3 Å². The van der Waals surface area contributed by atoms with Crippen LogP contribution in [0.4, 0.5) is 0 Å². The molecule has 0 amide bonds. The van der Waals surface area contributed by atoms with E-state index in [-0.39, 0.29) is 6.61 Å². The molecule has 0 bridgehead atoms. The number of hydrogen-bond donors (Lipinski definition) is 0. The molecule has 1 aromatic carbocycles. The fraction of sp³-hybridized carbons (Fsp3) is 0.333. The summed E-state index contributed by atoms with van der Waals surface area (Å²) in [5, 5.41) is 0. The average molecular weight is 301 g/mol.